The van der Waals surface area contributed by atoms with Gasteiger partial charge in [-0.1, -0.05) is 36.4 Å². The van der Waals surface area contributed by atoms with Crippen LogP contribution in [0.1, 0.15) is 23.6 Å². The molecule has 0 aliphatic rings. The Morgan fingerprint density at radius 2 is 1.79 bits per heavy atom. The van der Waals surface area contributed by atoms with Gasteiger partial charge in [-0.3, -0.25) is 0 Å². The average Bonchev–Trinajstić information content (AvgIpc) is 2.61. The Bertz CT molecular complexity index is 874. The fraction of sp³-hybridized carbons (Fsp3) is 0.350. The molecule has 0 saturated heterocycles. The van der Waals surface area contributed by atoms with Crippen LogP contribution in [0.3, 0.4) is 0 Å². The Balaban J connectivity index is 0.00000392. The summed E-state index contributed by atoms with van der Waals surface area (Å²) in [6.07, 6.45) is 2.02. The molecule has 0 spiro atoms. The van der Waals surface area contributed by atoms with E-state index in [1.165, 1.54) is 30.0 Å². The van der Waals surface area contributed by atoms with Crippen molar-refractivity contribution in [2.24, 2.45) is 4.99 Å². The second kappa shape index (κ2) is 12.0. The van der Waals surface area contributed by atoms with Crippen molar-refractivity contribution in [1.29, 1.82) is 0 Å². The van der Waals surface area contributed by atoms with Crippen LogP contribution in [0.25, 0.3) is 0 Å². The molecule has 0 aliphatic carbocycles. The lowest BCUT2D eigenvalue weighted by molar-refractivity contribution is 0.600. The minimum absolute atomic E-state index is 0. The van der Waals surface area contributed by atoms with E-state index in [0.717, 1.165) is 6.42 Å². The fourth-order valence-corrected chi connectivity index (χ4v) is 3.49. The van der Waals surface area contributed by atoms with E-state index in [9.17, 15) is 12.8 Å². The lowest BCUT2D eigenvalue weighted by Gasteiger charge is -2.12. The Morgan fingerprint density at radius 3 is 2.43 bits per heavy atom. The van der Waals surface area contributed by atoms with Crippen molar-refractivity contribution >= 4 is 39.8 Å². The number of sulfone groups is 1. The van der Waals surface area contributed by atoms with Gasteiger partial charge in [0.2, 0.25) is 0 Å². The van der Waals surface area contributed by atoms with Crippen LogP contribution in [0.2, 0.25) is 0 Å². The molecule has 0 aliphatic heterocycles. The first kappa shape index (κ1) is 24.4. The van der Waals surface area contributed by atoms with Crippen molar-refractivity contribution in [1.82, 2.24) is 10.6 Å². The van der Waals surface area contributed by atoms with Crippen LogP contribution < -0.4 is 10.6 Å². The molecule has 0 saturated carbocycles. The zero-order chi connectivity index (χ0) is 19.7. The summed E-state index contributed by atoms with van der Waals surface area (Å²) in [5.74, 6) is 0.0818. The van der Waals surface area contributed by atoms with E-state index in [0.29, 0.717) is 30.2 Å². The third-order valence-corrected chi connectivity index (χ3v) is 4.72. The summed E-state index contributed by atoms with van der Waals surface area (Å²) in [6, 6.07) is 14.2. The topological polar surface area (TPSA) is 70.6 Å². The Morgan fingerprint density at radius 1 is 1.07 bits per heavy atom. The summed E-state index contributed by atoms with van der Waals surface area (Å²) in [5.41, 5.74) is 2.37. The maximum atomic E-state index is 13.6. The summed E-state index contributed by atoms with van der Waals surface area (Å²) in [4.78, 5) is 4.48. The van der Waals surface area contributed by atoms with Gasteiger partial charge in [0.25, 0.3) is 0 Å². The summed E-state index contributed by atoms with van der Waals surface area (Å²) in [5, 5.41) is 6.40. The van der Waals surface area contributed by atoms with Gasteiger partial charge >= 0.3 is 0 Å². The highest BCUT2D eigenvalue weighted by Crippen LogP contribution is 2.15. The van der Waals surface area contributed by atoms with Crippen molar-refractivity contribution in [3.05, 3.63) is 71.0 Å². The van der Waals surface area contributed by atoms with Crippen molar-refractivity contribution in [3.63, 3.8) is 0 Å². The first-order chi connectivity index (χ1) is 12.9. The molecule has 2 aromatic carbocycles. The number of aliphatic imine (C=N–C) groups is 1. The van der Waals surface area contributed by atoms with Gasteiger partial charge in [-0.15, -0.1) is 24.0 Å². The van der Waals surface area contributed by atoms with Crippen LogP contribution in [-0.4, -0.2) is 33.7 Å². The van der Waals surface area contributed by atoms with Crippen LogP contribution in [0.4, 0.5) is 4.39 Å². The van der Waals surface area contributed by atoms with Gasteiger partial charge in [0.05, 0.1) is 12.3 Å². The van der Waals surface area contributed by atoms with E-state index in [1.807, 2.05) is 25.1 Å². The van der Waals surface area contributed by atoms with Crippen LogP contribution in [0, 0.1) is 5.82 Å². The predicted octanol–water partition coefficient (Wildman–Crippen LogP) is 3.29. The third-order valence-electron chi connectivity index (χ3n) is 3.89. The number of benzene rings is 2. The molecular formula is C20H27FIN3O2S. The normalized spacial score (nSPS) is 11.6. The van der Waals surface area contributed by atoms with Crippen LogP contribution in [0.15, 0.2) is 53.5 Å². The summed E-state index contributed by atoms with van der Waals surface area (Å²) in [7, 11) is -3.21. The van der Waals surface area contributed by atoms with E-state index >= 15 is 0 Å². The first-order valence-corrected chi connectivity index (χ1v) is 10.9. The Hall–Kier alpha value is -1.68. The summed E-state index contributed by atoms with van der Waals surface area (Å²) in [6.45, 7) is 3.56. The number of hydrogen-bond acceptors (Lipinski definition) is 3. The standard InChI is InChI=1S/C20H26FN3O2S.HI/c1-3-22-20(23-12-11-16-7-5-4-6-8-16)24-14-18-13-19(21)10-9-17(18)15-27(2,25)26;/h4-10,13H,3,11-12,14-15H2,1-2H3,(H2,22,23,24);1H. The van der Waals surface area contributed by atoms with Gasteiger partial charge in [-0.05, 0) is 42.2 Å². The monoisotopic (exact) mass is 519 g/mol. The molecule has 0 aromatic heterocycles. The number of hydrogen-bond donors (Lipinski definition) is 2. The molecule has 0 amide bonds. The van der Waals surface area contributed by atoms with Crippen molar-refractivity contribution < 1.29 is 12.8 Å². The van der Waals surface area contributed by atoms with Crippen molar-refractivity contribution in [2.45, 2.75) is 25.6 Å². The van der Waals surface area contributed by atoms with Crippen LogP contribution in [0.5, 0.6) is 0 Å². The fourth-order valence-electron chi connectivity index (χ4n) is 2.64. The first-order valence-electron chi connectivity index (χ1n) is 8.88. The SMILES string of the molecule is CCNC(=NCc1cc(F)ccc1CS(C)(=O)=O)NCCc1ccccc1.I. The second-order valence-electron chi connectivity index (χ2n) is 6.34. The molecule has 0 atom stereocenters. The van der Waals surface area contributed by atoms with Gasteiger partial charge in [0.1, 0.15) is 5.82 Å². The molecule has 8 heteroatoms. The molecule has 28 heavy (non-hydrogen) atoms. The second-order valence-corrected chi connectivity index (χ2v) is 8.48. The lowest BCUT2D eigenvalue weighted by atomic mass is 10.1. The molecule has 2 aromatic rings. The highest BCUT2D eigenvalue weighted by molar-refractivity contribution is 14.0. The number of rotatable bonds is 8. The van der Waals surface area contributed by atoms with E-state index < -0.39 is 15.7 Å². The number of nitrogens with zero attached hydrogens (tertiary/aromatic N) is 1. The highest BCUT2D eigenvalue weighted by atomic mass is 127. The van der Waals surface area contributed by atoms with E-state index in [2.05, 4.69) is 27.8 Å². The van der Waals surface area contributed by atoms with Crippen LogP contribution in [-0.2, 0) is 28.6 Å². The minimum Gasteiger partial charge on any atom is -0.357 e. The Labute approximate surface area is 183 Å². The number of halogens is 2. The van der Waals surface area contributed by atoms with Gasteiger partial charge in [-0.2, -0.15) is 0 Å². The maximum absolute atomic E-state index is 13.6. The van der Waals surface area contributed by atoms with E-state index in [4.69, 9.17) is 0 Å². The van der Waals surface area contributed by atoms with Gasteiger partial charge < -0.3 is 10.6 Å². The molecule has 0 heterocycles. The largest absolute Gasteiger partial charge is 0.357 e. The van der Waals surface area contributed by atoms with Gasteiger partial charge in [0.15, 0.2) is 15.8 Å². The van der Waals surface area contributed by atoms with Gasteiger partial charge in [0, 0.05) is 19.3 Å². The molecule has 5 nitrogen and oxygen atoms in total. The quantitative estimate of drug-likeness (QED) is 0.319. The maximum Gasteiger partial charge on any atom is 0.191 e. The molecule has 0 unspecified atom stereocenters. The van der Waals surface area contributed by atoms with E-state index in [1.54, 1.807) is 0 Å². The van der Waals surface area contributed by atoms with Crippen molar-refractivity contribution in [3.8, 4) is 0 Å². The van der Waals surface area contributed by atoms with Crippen LogP contribution >= 0.6 is 24.0 Å². The molecule has 0 fully saturated rings. The van der Waals surface area contributed by atoms with E-state index in [-0.39, 0.29) is 36.3 Å². The molecular weight excluding hydrogens is 492 g/mol. The predicted molar refractivity (Wildman–Crippen MR) is 123 cm³/mol. The zero-order valence-electron chi connectivity index (χ0n) is 16.1. The average molecular weight is 519 g/mol. The highest BCUT2D eigenvalue weighted by Gasteiger charge is 2.10. The smallest absolute Gasteiger partial charge is 0.191 e. The molecule has 2 N–H and O–H groups in total. The summed E-state index contributed by atoms with van der Waals surface area (Å²) < 4.78 is 36.8. The third kappa shape index (κ3) is 9.01. The molecule has 154 valence electrons. The molecule has 2 rings (SSSR count). The number of guanidine groups is 1. The lowest BCUT2D eigenvalue weighted by Crippen LogP contribution is -2.38. The number of nitrogens with one attached hydrogen (secondary N) is 2. The minimum atomic E-state index is -3.21. The zero-order valence-corrected chi connectivity index (χ0v) is 19.3. The van der Waals surface area contributed by atoms with Gasteiger partial charge in [-0.25, -0.2) is 17.8 Å². The summed E-state index contributed by atoms with van der Waals surface area (Å²) >= 11 is 0. The molecule has 0 bridgehead atoms. The molecule has 0 radical (unpaired) electrons. The Kier molecular flexibility index (Phi) is 10.4. The van der Waals surface area contributed by atoms with Crippen molar-refractivity contribution in [2.75, 3.05) is 19.3 Å².